The molecule has 1 unspecified atom stereocenters. The van der Waals surface area contributed by atoms with E-state index in [0.29, 0.717) is 0 Å². The van der Waals surface area contributed by atoms with Crippen LogP contribution in [0.25, 0.3) is 0 Å². The predicted molar refractivity (Wildman–Crippen MR) is 68.5 cm³/mol. The van der Waals surface area contributed by atoms with E-state index in [1.807, 2.05) is 18.3 Å². The number of nitrogens with one attached hydrogen (secondary N) is 1. The summed E-state index contributed by atoms with van der Waals surface area (Å²) < 4.78 is 6.24. The lowest BCUT2D eigenvalue weighted by Gasteiger charge is -2.09. The summed E-state index contributed by atoms with van der Waals surface area (Å²) in [5.41, 5.74) is 0. The average molecular weight is 301 g/mol. The first-order chi connectivity index (χ1) is 7.65. The van der Waals surface area contributed by atoms with Gasteiger partial charge >= 0.3 is 0 Å². The van der Waals surface area contributed by atoms with E-state index in [1.54, 1.807) is 11.3 Å². The maximum absolute atomic E-state index is 5.48. The van der Waals surface area contributed by atoms with Gasteiger partial charge in [-0.3, -0.25) is 0 Å². The molecule has 16 heavy (non-hydrogen) atoms. The quantitative estimate of drug-likeness (QED) is 0.936. The predicted octanol–water partition coefficient (Wildman–Crippen LogP) is 3.66. The molecule has 2 heterocycles. The Bertz CT molecular complexity index is 466. The Labute approximate surface area is 107 Å². The van der Waals surface area contributed by atoms with Gasteiger partial charge in [-0.15, -0.1) is 11.3 Å². The molecule has 0 radical (unpaired) electrons. The maximum Gasteiger partial charge on any atom is 0.169 e. The standard InChI is InChI=1S/C11H13BrN2OS/c1-7-5-14-11(16-7)6-13-8(2)9-3-4-10(12)15-9/h3-5,8,13H,6H2,1-2H3. The second-order valence-electron chi connectivity index (χ2n) is 3.61. The van der Waals surface area contributed by atoms with Crippen molar-refractivity contribution in [1.82, 2.24) is 10.3 Å². The van der Waals surface area contributed by atoms with Gasteiger partial charge in [0.05, 0.1) is 6.04 Å². The Morgan fingerprint density at radius 1 is 1.56 bits per heavy atom. The van der Waals surface area contributed by atoms with Gasteiger partial charge in [0.1, 0.15) is 10.8 Å². The van der Waals surface area contributed by atoms with Crippen LogP contribution in [0.2, 0.25) is 0 Å². The van der Waals surface area contributed by atoms with E-state index >= 15 is 0 Å². The summed E-state index contributed by atoms with van der Waals surface area (Å²) >= 11 is 5.01. The van der Waals surface area contributed by atoms with E-state index in [9.17, 15) is 0 Å². The summed E-state index contributed by atoms with van der Waals surface area (Å²) in [5, 5.41) is 4.48. The molecule has 86 valence electrons. The second-order valence-corrected chi connectivity index (χ2v) is 5.71. The summed E-state index contributed by atoms with van der Waals surface area (Å²) in [7, 11) is 0. The van der Waals surface area contributed by atoms with Crippen molar-refractivity contribution in [3.63, 3.8) is 0 Å². The van der Waals surface area contributed by atoms with Crippen LogP contribution < -0.4 is 5.32 Å². The van der Waals surface area contributed by atoms with E-state index in [-0.39, 0.29) is 6.04 Å². The highest BCUT2D eigenvalue weighted by atomic mass is 79.9. The first-order valence-corrected chi connectivity index (χ1v) is 6.66. The molecule has 0 aliphatic carbocycles. The summed E-state index contributed by atoms with van der Waals surface area (Å²) in [6.45, 7) is 4.91. The third-order valence-corrected chi connectivity index (χ3v) is 3.59. The lowest BCUT2D eigenvalue weighted by Crippen LogP contribution is -2.17. The number of furan rings is 1. The highest BCUT2D eigenvalue weighted by molar-refractivity contribution is 9.10. The summed E-state index contributed by atoms with van der Waals surface area (Å²) in [4.78, 5) is 5.54. The smallest absolute Gasteiger partial charge is 0.169 e. The Balaban J connectivity index is 1.91. The van der Waals surface area contributed by atoms with Gasteiger partial charge < -0.3 is 9.73 Å². The molecule has 0 fully saturated rings. The Morgan fingerprint density at radius 2 is 2.38 bits per heavy atom. The van der Waals surface area contributed by atoms with Crippen LogP contribution in [0.5, 0.6) is 0 Å². The van der Waals surface area contributed by atoms with Gasteiger partial charge in [0.15, 0.2) is 4.67 Å². The molecule has 0 aliphatic heterocycles. The minimum absolute atomic E-state index is 0.190. The molecule has 0 bridgehead atoms. The molecule has 1 N–H and O–H groups in total. The molecule has 2 aromatic rings. The number of aryl methyl sites for hydroxylation is 1. The van der Waals surface area contributed by atoms with Crippen molar-refractivity contribution in [3.05, 3.63) is 38.6 Å². The van der Waals surface area contributed by atoms with Crippen LogP contribution in [0.1, 0.15) is 28.6 Å². The molecule has 1 atom stereocenters. The molecule has 5 heteroatoms. The number of halogens is 1. The third kappa shape index (κ3) is 2.93. The largest absolute Gasteiger partial charge is 0.453 e. The SMILES string of the molecule is Cc1cnc(CNC(C)c2ccc(Br)o2)s1. The fraction of sp³-hybridized carbons (Fsp3) is 0.364. The minimum atomic E-state index is 0.190. The van der Waals surface area contributed by atoms with Crippen molar-refractivity contribution < 1.29 is 4.42 Å². The molecule has 0 saturated heterocycles. The monoisotopic (exact) mass is 300 g/mol. The molecule has 0 aliphatic rings. The topological polar surface area (TPSA) is 38.1 Å². The first-order valence-electron chi connectivity index (χ1n) is 5.05. The fourth-order valence-electron chi connectivity index (χ4n) is 1.39. The van der Waals surface area contributed by atoms with E-state index < -0.39 is 0 Å². The molecule has 0 spiro atoms. The minimum Gasteiger partial charge on any atom is -0.453 e. The van der Waals surface area contributed by atoms with Gasteiger partial charge in [-0.2, -0.15) is 0 Å². The van der Waals surface area contributed by atoms with Gasteiger partial charge in [-0.25, -0.2) is 4.98 Å². The number of thiazole rings is 1. The number of hydrogen-bond acceptors (Lipinski definition) is 4. The molecular weight excluding hydrogens is 288 g/mol. The van der Waals surface area contributed by atoms with Crippen LogP contribution in [-0.4, -0.2) is 4.98 Å². The molecule has 2 rings (SSSR count). The molecule has 2 aromatic heterocycles. The third-order valence-electron chi connectivity index (χ3n) is 2.25. The zero-order valence-corrected chi connectivity index (χ0v) is 11.6. The van der Waals surface area contributed by atoms with Gasteiger partial charge in [-0.1, -0.05) is 0 Å². The Morgan fingerprint density at radius 3 is 2.94 bits per heavy atom. The van der Waals surface area contributed by atoms with Crippen molar-refractivity contribution in [2.75, 3.05) is 0 Å². The summed E-state index contributed by atoms with van der Waals surface area (Å²) in [5.74, 6) is 0.931. The van der Waals surface area contributed by atoms with E-state index in [4.69, 9.17) is 4.42 Å². The van der Waals surface area contributed by atoms with Crippen LogP contribution >= 0.6 is 27.3 Å². The first kappa shape index (κ1) is 11.8. The Hall–Kier alpha value is -0.650. The number of aromatic nitrogens is 1. The normalized spacial score (nSPS) is 12.9. The van der Waals surface area contributed by atoms with Crippen LogP contribution in [-0.2, 0) is 6.54 Å². The van der Waals surface area contributed by atoms with Gasteiger partial charge in [0, 0.05) is 17.6 Å². The van der Waals surface area contributed by atoms with Crippen molar-refractivity contribution in [3.8, 4) is 0 Å². The Kier molecular flexibility index (Phi) is 3.78. The molecule has 0 amide bonds. The average Bonchev–Trinajstić information content (AvgIpc) is 2.84. The molecule has 0 saturated carbocycles. The van der Waals surface area contributed by atoms with Gasteiger partial charge in [-0.05, 0) is 41.9 Å². The van der Waals surface area contributed by atoms with Crippen LogP contribution in [0.3, 0.4) is 0 Å². The highest BCUT2D eigenvalue weighted by Crippen LogP contribution is 2.20. The molecule has 3 nitrogen and oxygen atoms in total. The van der Waals surface area contributed by atoms with E-state index in [2.05, 4.69) is 40.1 Å². The summed E-state index contributed by atoms with van der Waals surface area (Å²) in [6, 6.07) is 4.06. The van der Waals surface area contributed by atoms with Crippen molar-refractivity contribution >= 4 is 27.3 Å². The maximum atomic E-state index is 5.48. The van der Waals surface area contributed by atoms with Gasteiger partial charge in [0.25, 0.3) is 0 Å². The van der Waals surface area contributed by atoms with Crippen molar-refractivity contribution in [2.45, 2.75) is 26.4 Å². The molecule has 0 aromatic carbocycles. The summed E-state index contributed by atoms with van der Waals surface area (Å²) in [6.07, 6.45) is 1.90. The van der Waals surface area contributed by atoms with E-state index in [0.717, 1.165) is 22.0 Å². The van der Waals surface area contributed by atoms with Crippen LogP contribution in [0.15, 0.2) is 27.4 Å². The molecular formula is C11H13BrN2OS. The van der Waals surface area contributed by atoms with Gasteiger partial charge in [0.2, 0.25) is 0 Å². The number of nitrogens with zero attached hydrogens (tertiary/aromatic N) is 1. The van der Waals surface area contributed by atoms with Crippen molar-refractivity contribution in [1.29, 1.82) is 0 Å². The lowest BCUT2D eigenvalue weighted by atomic mass is 10.2. The van der Waals surface area contributed by atoms with Crippen LogP contribution in [0, 0.1) is 6.92 Å². The lowest BCUT2D eigenvalue weighted by molar-refractivity contribution is 0.417. The zero-order chi connectivity index (χ0) is 11.5. The number of rotatable bonds is 4. The number of hydrogen-bond donors (Lipinski definition) is 1. The van der Waals surface area contributed by atoms with E-state index in [1.165, 1.54) is 4.88 Å². The second kappa shape index (κ2) is 5.12. The van der Waals surface area contributed by atoms with Crippen molar-refractivity contribution in [2.24, 2.45) is 0 Å². The fourth-order valence-corrected chi connectivity index (χ4v) is 2.44. The van der Waals surface area contributed by atoms with Crippen LogP contribution in [0.4, 0.5) is 0 Å². The highest BCUT2D eigenvalue weighted by Gasteiger charge is 2.09. The zero-order valence-electron chi connectivity index (χ0n) is 9.16.